The van der Waals surface area contributed by atoms with Gasteiger partial charge in [-0.1, -0.05) is 0 Å². The van der Waals surface area contributed by atoms with Crippen molar-refractivity contribution < 1.29 is 23.8 Å². The number of nitrogens with zero attached hydrogens (tertiary/aromatic N) is 1. The molecule has 1 unspecified atom stereocenters. The zero-order chi connectivity index (χ0) is 23.5. The van der Waals surface area contributed by atoms with Gasteiger partial charge in [-0.15, -0.1) is 0 Å². The summed E-state index contributed by atoms with van der Waals surface area (Å²) in [5, 5.41) is 6.23. The predicted molar refractivity (Wildman–Crippen MR) is 123 cm³/mol. The number of dihydropyridines is 1. The van der Waals surface area contributed by atoms with Crippen LogP contribution in [0.5, 0.6) is 17.2 Å². The molecule has 0 bridgehead atoms. The molecule has 1 aromatic carbocycles. The standard InChI is InChI=1S/C25H27N3O5/c1-14-21(25(30)28-16-7-6-10-26-13-16)22(23-17(27-14)8-5-9-18(23)29)15-11-19(31-2)24(33-4)20(12-15)32-3/h6-7,10-13,22,27H,5,8-9H2,1-4H3,(H,28,30). The van der Waals surface area contributed by atoms with Crippen LogP contribution in [-0.4, -0.2) is 38.0 Å². The third kappa shape index (κ3) is 4.16. The minimum atomic E-state index is -0.584. The number of nitrogens with one attached hydrogen (secondary N) is 2. The number of pyridine rings is 1. The van der Waals surface area contributed by atoms with Gasteiger partial charge in [0.15, 0.2) is 17.3 Å². The molecule has 0 saturated carbocycles. The number of Topliss-reactive ketones (excluding diaryl/α,β-unsaturated/α-hetero) is 1. The van der Waals surface area contributed by atoms with Gasteiger partial charge < -0.3 is 24.8 Å². The molecular weight excluding hydrogens is 422 g/mol. The maximum Gasteiger partial charge on any atom is 0.254 e. The number of anilines is 1. The largest absolute Gasteiger partial charge is 0.493 e. The quantitative estimate of drug-likeness (QED) is 0.694. The average Bonchev–Trinajstić information content (AvgIpc) is 2.82. The molecule has 0 radical (unpaired) electrons. The van der Waals surface area contributed by atoms with E-state index in [1.165, 1.54) is 21.3 Å². The summed E-state index contributed by atoms with van der Waals surface area (Å²) in [7, 11) is 4.61. The molecule has 1 aliphatic carbocycles. The molecule has 8 heteroatoms. The zero-order valence-corrected chi connectivity index (χ0v) is 19.2. The molecule has 172 valence electrons. The number of carbonyl (C=O) groups is 2. The highest BCUT2D eigenvalue weighted by Gasteiger charge is 2.39. The maximum absolute atomic E-state index is 13.5. The summed E-state index contributed by atoms with van der Waals surface area (Å²) in [6.45, 7) is 1.85. The highest BCUT2D eigenvalue weighted by molar-refractivity contribution is 6.09. The summed E-state index contributed by atoms with van der Waals surface area (Å²) in [5.74, 6) is 0.502. The Morgan fingerprint density at radius 2 is 1.85 bits per heavy atom. The lowest BCUT2D eigenvalue weighted by molar-refractivity contribution is -0.116. The molecule has 1 aromatic heterocycles. The fraction of sp³-hybridized carbons (Fsp3) is 0.320. The molecule has 2 aromatic rings. The van der Waals surface area contributed by atoms with Gasteiger partial charge in [0.25, 0.3) is 5.91 Å². The van der Waals surface area contributed by atoms with E-state index < -0.39 is 5.92 Å². The smallest absolute Gasteiger partial charge is 0.254 e. The van der Waals surface area contributed by atoms with Crippen LogP contribution in [0.15, 0.2) is 59.2 Å². The molecule has 2 N–H and O–H groups in total. The molecule has 8 nitrogen and oxygen atoms in total. The molecular formula is C25H27N3O5. The van der Waals surface area contributed by atoms with Crippen molar-refractivity contribution >= 4 is 17.4 Å². The van der Waals surface area contributed by atoms with Gasteiger partial charge in [0.1, 0.15) is 0 Å². The lowest BCUT2D eigenvalue weighted by Crippen LogP contribution is -2.35. The molecule has 1 atom stereocenters. The van der Waals surface area contributed by atoms with Crippen LogP contribution in [0.1, 0.15) is 37.7 Å². The van der Waals surface area contributed by atoms with Gasteiger partial charge in [-0.2, -0.15) is 0 Å². The van der Waals surface area contributed by atoms with E-state index in [-0.39, 0.29) is 11.7 Å². The molecule has 1 amide bonds. The Bertz CT molecular complexity index is 1130. The molecule has 2 aliphatic rings. The molecule has 2 heterocycles. The normalized spacial score (nSPS) is 17.8. The Kier molecular flexibility index (Phi) is 6.35. The summed E-state index contributed by atoms with van der Waals surface area (Å²) >= 11 is 0. The van der Waals surface area contributed by atoms with Crippen molar-refractivity contribution in [1.29, 1.82) is 0 Å². The van der Waals surface area contributed by atoms with Crippen LogP contribution in [0.25, 0.3) is 0 Å². The summed E-state index contributed by atoms with van der Waals surface area (Å²) < 4.78 is 16.6. The van der Waals surface area contributed by atoms with Crippen LogP contribution in [-0.2, 0) is 9.59 Å². The van der Waals surface area contributed by atoms with Crippen LogP contribution in [0, 0.1) is 0 Å². The average molecular weight is 450 g/mol. The molecule has 0 spiro atoms. The van der Waals surface area contributed by atoms with E-state index >= 15 is 0 Å². The van der Waals surface area contributed by atoms with Gasteiger partial charge in [0.2, 0.25) is 5.75 Å². The van der Waals surface area contributed by atoms with Gasteiger partial charge in [-0.3, -0.25) is 14.6 Å². The third-order valence-corrected chi connectivity index (χ3v) is 5.96. The second-order valence-corrected chi connectivity index (χ2v) is 7.92. The lowest BCUT2D eigenvalue weighted by Gasteiger charge is -2.35. The molecule has 4 rings (SSSR count). The fourth-order valence-corrected chi connectivity index (χ4v) is 4.52. The number of ketones is 1. The second kappa shape index (κ2) is 9.36. The van der Waals surface area contributed by atoms with Gasteiger partial charge in [0, 0.05) is 41.1 Å². The van der Waals surface area contributed by atoms with Crippen molar-refractivity contribution in [2.24, 2.45) is 0 Å². The van der Waals surface area contributed by atoms with E-state index in [4.69, 9.17) is 14.2 Å². The molecule has 1 aliphatic heterocycles. The highest BCUT2D eigenvalue weighted by atomic mass is 16.5. The Morgan fingerprint density at radius 3 is 2.45 bits per heavy atom. The summed E-state index contributed by atoms with van der Waals surface area (Å²) in [5.41, 5.74) is 3.91. The SMILES string of the molecule is COc1cc(C2C(C(=O)Nc3cccnc3)=C(C)NC3=C2C(=O)CCC3)cc(OC)c1OC. The number of ether oxygens (including phenoxy) is 3. The van der Waals surface area contributed by atoms with E-state index in [2.05, 4.69) is 15.6 Å². The number of aromatic nitrogens is 1. The summed E-state index contributed by atoms with van der Waals surface area (Å²) in [6, 6.07) is 7.11. The zero-order valence-electron chi connectivity index (χ0n) is 19.2. The number of benzene rings is 1. The first-order valence-corrected chi connectivity index (χ1v) is 10.7. The first-order valence-electron chi connectivity index (χ1n) is 10.7. The Balaban J connectivity index is 1.88. The van der Waals surface area contributed by atoms with Crippen LogP contribution >= 0.6 is 0 Å². The first-order chi connectivity index (χ1) is 16.0. The Morgan fingerprint density at radius 1 is 1.12 bits per heavy atom. The van der Waals surface area contributed by atoms with Crippen LogP contribution < -0.4 is 24.8 Å². The molecule has 33 heavy (non-hydrogen) atoms. The lowest BCUT2D eigenvalue weighted by atomic mass is 9.75. The van der Waals surface area contributed by atoms with Crippen LogP contribution in [0.2, 0.25) is 0 Å². The van der Waals surface area contributed by atoms with Gasteiger partial charge in [0.05, 0.1) is 33.2 Å². The third-order valence-electron chi connectivity index (χ3n) is 5.96. The fourth-order valence-electron chi connectivity index (χ4n) is 4.52. The first kappa shape index (κ1) is 22.4. The minimum Gasteiger partial charge on any atom is -0.493 e. The Hall–Kier alpha value is -3.81. The van der Waals surface area contributed by atoms with Crippen molar-refractivity contribution in [2.75, 3.05) is 26.6 Å². The van der Waals surface area contributed by atoms with Crippen LogP contribution in [0.4, 0.5) is 5.69 Å². The van der Waals surface area contributed by atoms with E-state index in [0.717, 1.165) is 18.5 Å². The number of amides is 1. The van der Waals surface area contributed by atoms with E-state index in [1.54, 1.807) is 36.7 Å². The maximum atomic E-state index is 13.5. The molecule has 0 fully saturated rings. The van der Waals surface area contributed by atoms with E-state index in [9.17, 15) is 9.59 Å². The number of methoxy groups -OCH3 is 3. The number of hydrogen-bond acceptors (Lipinski definition) is 7. The van der Waals surface area contributed by atoms with Crippen molar-refractivity contribution in [3.8, 4) is 17.2 Å². The summed E-state index contributed by atoms with van der Waals surface area (Å²) in [4.78, 5) is 30.7. The number of hydrogen-bond donors (Lipinski definition) is 2. The van der Waals surface area contributed by atoms with Gasteiger partial charge >= 0.3 is 0 Å². The minimum absolute atomic E-state index is 0.0293. The van der Waals surface area contributed by atoms with Crippen molar-refractivity contribution in [2.45, 2.75) is 32.1 Å². The van der Waals surface area contributed by atoms with Crippen LogP contribution in [0.3, 0.4) is 0 Å². The monoisotopic (exact) mass is 449 g/mol. The van der Waals surface area contributed by atoms with E-state index in [0.29, 0.717) is 51.8 Å². The summed E-state index contributed by atoms with van der Waals surface area (Å²) in [6.07, 6.45) is 5.18. The highest BCUT2D eigenvalue weighted by Crippen LogP contribution is 2.47. The van der Waals surface area contributed by atoms with Gasteiger partial charge in [-0.05, 0) is 49.6 Å². The predicted octanol–water partition coefficient (Wildman–Crippen LogP) is 3.71. The van der Waals surface area contributed by atoms with Crippen molar-refractivity contribution in [3.05, 3.63) is 64.8 Å². The Labute approximate surface area is 192 Å². The van der Waals surface area contributed by atoms with Gasteiger partial charge in [-0.25, -0.2) is 0 Å². The van der Waals surface area contributed by atoms with Crippen molar-refractivity contribution in [3.63, 3.8) is 0 Å². The number of carbonyl (C=O) groups excluding carboxylic acids is 2. The number of allylic oxidation sites excluding steroid dienone is 3. The topological polar surface area (TPSA) is 98.8 Å². The number of rotatable bonds is 6. The second-order valence-electron chi connectivity index (χ2n) is 7.92. The molecule has 0 saturated heterocycles. The van der Waals surface area contributed by atoms with Crippen molar-refractivity contribution in [1.82, 2.24) is 10.3 Å². The van der Waals surface area contributed by atoms with E-state index in [1.807, 2.05) is 6.92 Å².